The molecule has 2 heterocycles. The number of aryl methyl sites for hydroxylation is 1. The largest absolute Gasteiger partial charge is 0.353 e. The van der Waals surface area contributed by atoms with Crippen LogP contribution in [-0.4, -0.2) is 27.1 Å². The van der Waals surface area contributed by atoms with Gasteiger partial charge in [-0.15, -0.1) is 0 Å². The second-order valence-corrected chi connectivity index (χ2v) is 6.73. The van der Waals surface area contributed by atoms with E-state index in [-0.39, 0.29) is 5.91 Å². The maximum atomic E-state index is 12.3. The van der Waals surface area contributed by atoms with Crippen LogP contribution in [0, 0.1) is 5.92 Å². The Bertz CT molecular complexity index is 665. The number of carbonyl (C=O) groups excluding carboxylic acids is 1. The molecular formula is C19H26N4O2. The highest BCUT2D eigenvalue weighted by molar-refractivity contribution is 5.76. The van der Waals surface area contributed by atoms with Crippen LogP contribution in [0.2, 0.25) is 0 Å². The summed E-state index contributed by atoms with van der Waals surface area (Å²) in [4.78, 5) is 20.7. The predicted molar refractivity (Wildman–Crippen MR) is 94.6 cm³/mol. The maximum Gasteiger partial charge on any atom is 0.227 e. The van der Waals surface area contributed by atoms with E-state index in [9.17, 15) is 4.79 Å². The first-order chi connectivity index (χ1) is 12.3. The molecule has 0 aromatic carbocycles. The van der Waals surface area contributed by atoms with E-state index in [1.54, 1.807) is 12.4 Å². The minimum atomic E-state index is 0.0681. The standard InChI is InChI=1S/C19H26N4O2/c1-2-16(14-7-4-3-5-8-14)21-17(24)10-11-18-22-19(23-25-18)15-9-6-12-20-13-15/h6,9,12-14,16H,2-5,7-8,10-11H2,1H3,(H,21,24)/t16-/m1/s1. The number of nitrogens with zero attached hydrogens (tertiary/aromatic N) is 3. The molecule has 1 aliphatic carbocycles. The molecule has 0 radical (unpaired) electrons. The van der Waals surface area contributed by atoms with Crippen molar-refractivity contribution in [3.63, 3.8) is 0 Å². The van der Waals surface area contributed by atoms with Crippen molar-refractivity contribution in [1.82, 2.24) is 20.4 Å². The zero-order valence-corrected chi connectivity index (χ0v) is 14.8. The molecule has 1 saturated carbocycles. The van der Waals surface area contributed by atoms with E-state index in [1.165, 1.54) is 32.1 Å². The van der Waals surface area contributed by atoms with E-state index in [2.05, 4.69) is 27.4 Å². The van der Waals surface area contributed by atoms with Gasteiger partial charge in [-0.05, 0) is 37.3 Å². The summed E-state index contributed by atoms with van der Waals surface area (Å²) in [5, 5.41) is 7.16. The average Bonchev–Trinajstić information content (AvgIpc) is 3.15. The van der Waals surface area contributed by atoms with Crippen molar-refractivity contribution >= 4 is 5.91 Å². The Morgan fingerprint density at radius 1 is 1.36 bits per heavy atom. The highest BCUT2D eigenvalue weighted by Gasteiger charge is 2.23. The number of nitrogens with one attached hydrogen (secondary N) is 1. The number of amides is 1. The topological polar surface area (TPSA) is 80.9 Å². The normalized spacial score (nSPS) is 16.5. The van der Waals surface area contributed by atoms with Crippen molar-refractivity contribution in [2.45, 2.75) is 64.3 Å². The van der Waals surface area contributed by atoms with Crippen molar-refractivity contribution in [3.05, 3.63) is 30.4 Å². The van der Waals surface area contributed by atoms with Crippen molar-refractivity contribution < 1.29 is 9.32 Å². The molecule has 1 aliphatic rings. The quantitative estimate of drug-likeness (QED) is 0.832. The van der Waals surface area contributed by atoms with Gasteiger partial charge in [0.25, 0.3) is 0 Å². The van der Waals surface area contributed by atoms with E-state index in [1.807, 2.05) is 12.1 Å². The molecule has 1 amide bonds. The second-order valence-electron chi connectivity index (χ2n) is 6.73. The second kappa shape index (κ2) is 8.74. The third kappa shape index (κ3) is 4.87. The molecule has 6 heteroatoms. The third-order valence-electron chi connectivity index (χ3n) is 4.96. The van der Waals surface area contributed by atoms with Crippen molar-refractivity contribution in [1.29, 1.82) is 0 Å². The van der Waals surface area contributed by atoms with Gasteiger partial charge in [0, 0.05) is 36.8 Å². The first kappa shape index (κ1) is 17.6. The summed E-state index contributed by atoms with van der Waals surface area (Å²) >= 11 is 0. The molecular weight excluding hydrogens is 316 g/mol. The Hall–Kier alpha value is -2.24. The van der Waals surface area contributed by atoms with Crippen LogP contribution in [0.1, 0.15) is 57.8 Å². The number of rotatable bonds is 7. The highest BCUT2D eigenvalue weighted by atomic mass is 16.5. The zero-order chi connectivity index (χ0) is 17.5. The Morgan fingerprint density at radius 2 is 2.20 bits per heavy atom. The van der Waals surface area contributed by atoms with Gasteiger partial charge in [0.2, 0.25) is 17.6 Å². The summed E-state index contributed by atoms with van der Waals surface area (Å²) in [5.41, 5.74) is 0.810. The highest BCUT2D eigenvalue weighted by Crippen LogP contribution is 2.27. The lowest BCUT2D eigenvalue weighted by Crippen LogP contribution is -2.40. The number of carbonyl (C=O) groups is 1. The van der Waals surface area contributed by atoms with E-state index >= 15 is 0 Å². The number of aromatic nitrogens is 3. The lowest BCUT2D eigenvalue weighted by atomic mass is 9.83. The van der Waals surface area contributed by atoms with Crippen molar-refractivity contribution in [2.75, 3.05) is 0 Å². The van der Waals surface area contributed by atoms with Gasteiger partial charge >= 0.3 is 0 Å². The van der Waals surface area contributed by atoms with E-state index in [4.69, 9.17) is 4.52 Å². The van der Waals surface area contributed by atoms with Crippen LogP contribution in [0.4, 0.5) is 0 Å². The fourth-order valence-electron chi connectivity index (χ4n) is 3.56. The minimum absolute atomic E-state index is 0.0681. The summed E-state index contributed by atoms with van der Waals surface area (Å²) in [6.45, 7) is 2.15. The fourth-order valence-corrected chi connectivity index (χ4v) is 3.56. The smallest absolute Gasteiger partial charge is 0.227 e. The van der Waals surface area contributed by atoms with Gasteiger partial charge in [0.15, 0.2) is 0 Å². The SMILES string of the molecule is CC[C@@H](NC(=O)CCc1nc(-c2cccnc2)no1)C1CCCCC1. The number of hydrogen-bond donors (Lipinski definition) is 1. The molecule has 3 rings (SSSR count). The lowest BCUT2D eigenvalue weighted by Gasteiger charge is -2.30. The zero-order valence-electron chi connectivity index (χ0n) is 14.8. The molecule has 1 atom stereocenters. The van der Waals surface area contributed by atoms with Gasteiger partial charge in [-0.1, -0.05) is 31.3 Å². The van der Waals surface area contributed by atoms with E-state index in [0.717, 1.165) is 12.0 Å². The Labute approximate surface area is 148 Å². The van der Waals surface area contributed by atoms with E-state index in [0.29, 0.717) is 36.5 Å². The molecule has 0 spiro atoms. The van der Waals surface area contributed by atoms with Gasteiger partial charge in [0.05, 0.1) is 0 Å². The summed E-state index contributed by atoms with van der Waals surface area (Å²) in [7, 11) is 0. The van der Waals surface area contributed by atoms with Gasteiger partial charge < -0.3 is 9.84 Å². The monoisotopic (exact) mass is 342 g/mol. The van der Waals surface area contributed by atoms with Gasteiger partial charge in [0.1, 0.15) is 0 Å². The van der Waals surface area contributed by atoms with E-state index < -0.39 is 0 Å². The molecule has 1 N–H and O–H groups in total. The molecule has 0 bridgehead atoms. The first-order valence-corrected chi connectivity index (χ1v) is 9.28. The molecule has 0 saturated heterocycles. The Morgan fingerprint density at radius 3 is 2.92 bits per heavy atom. The van der Waals surface area contributed by atoms with Crippen LogP contribution in [0.15, 0.2) is 29.0 Å². The molecule has 2 aromatic rings. The van der Waals surface area contributed by atoms with Crippen LogP contribution < -0.4 is 5.32 Å². The van der Waals surface area contributed by atoms with Crippen LogP contribution >= 0.6 is 0 Å². The number of pyridine rings is 1. The lowest BCUT2D eigenvalue weighted by molar-refractivity contribution is -0.122. The molecule has 6 nitrogen and oxygen atoms in total. The molecule has 0 unspecified atom stereocenters. The summed E-state index contributed by atoms with van der Waals surface area (Å²) in [6.07, 6.45) is 11.6. The first-order valence-electron chi connectivity index (χ1n) is 9.28. The Balaban J connectivity index is 1.49. The van der Waals surface area contributed by atoms with Crippen LogP contribution in [0.3, 0.4) is 0 Å². The summed E-state index contributed by atoms with van der Waals surface area (Å²) in [5.74, 6) is 1.69. The molecule has 134 valence electrons. The molecule has 25 heavy (non-hydrogen) atoms. The third-order valence-corrected chi connectivity index (χ3v) is 4.96. The minimum Gasteiger partial charge on any atom is -0.353 e. The van der Waals surface area contributed by atoms with Gasteiger partial charge in [-0.25, -0.2) is 0 Å². The van der Waals surface area contributed by atoms with Crippen LogP contribution in [0.5, 0.6) is 0 Å². The Kier molecular flexibility index (Phi) is 6.14. The summed E-state index contributed by atoms with van der Waals surface area (Å²) < 4.78 is 5.25. The number of hydrogen-bond acceptors (Lipinski definition) is 5. The summed E-state index contributed by atoms with van der Waals surface area (Å²) in [6, 6.07) is 4.00. The molecule has 0 aliphatic heterocycles. The van der Waals surface area contributed by atoms with Crippen molar-refractivity contribution in [2.24, 2.45) is 5.92 Å². The maximum absolute atomic E-state index is 12.3. The van der Waals surface area contributed by atoms with Gasteiger partial charge in [-0.3, -0.25) is 9.78 Å². The molecule has 2 aromatic heterocycles. The predicted octanol–water partition coefficient (Wildman–Crippen LogP) is 3.54. The molecule has 1 fully saturated rings. The average molecular weight is 342 g/mol. The van der Waals surface area contributed by atoms with Crippen LogP contribution in [0.25, 0.3) is 11.4 Å². The van der Waals surface area contributed by atoms with Crippen molar-refractivity contribution in [3.8, 4) is 11.4 Å². The fraction of sp³-hybridized carbons (Fsp3) is 0.579. The van der Waals surface area contributed by atoms with Crippen LogP contribution in [-0.2, 0) is 11.2 Å². The van der Waals surface area contributed by atoms with Gasteiger partial charge in [-0.2, -0.15) is 4.98 Å².